The minimum Gasteiger partial charge on any atom is -0.354 e. The molecular weight excluding hydrogens is 184 g/mol. The third kappa shape index (κ3) is 6.66. The van der Waals surface area contributed by atoms with Gasteiger partial charge >= 0.3 is 0 Å². The van der Waals surface area contributed by atoms with Crippen molar-refractivity contribution in [3.05, 3.63) is 12.7 Å². The summed E-state index contributed by atoms with van der Waals surface area (Å²) in [5.74, 6) is 0.867. The Hall–Kier alpha value is -0.480. The minimum atomic E-state index is -0.364. The first-order chi connectivity index (χ1) is 6.22. The molecule has 1 atom stereocenters. The lowest BCUT2D eigenvalue weighted by molar-refractivity contribution is -0.122. The fourth-order valence-corrected chi connectivity index (χ4v) is 1.29. The predicted molar refractivity (Wildman–Crippen MR) is 58.8 cm³/mol. The summed E-state index contributed by atoms with van der Waals surface area (Å²) in [5.41, 5.74) is 5.63. The molecule has 0 aliphatic heterocycles. The first kappa shape index (κ1) is 12.5. The van der Waals surface area contributed by atoms with E-state index in [4.69, 9.17) is 5.73 Å². The monoisotopic (exact) mass is 202 g/mol. The largest absolute Gasteiger partial charge is 0.354 e. The number of hydrogen-bond acceptors (Lipinski definition) is 3. The SMILES string of the molecule is C=CCCNC(=O)[C@H](N)CCSC. The summed E-state index contributed by atoms with van der Waals surface area (Å²) in [6, 6.07) is -0.364. The van der Waals surface area contributed by atoms with E-state index in [9.17, 15) is 4.79 Å². The van der Waals surface area contributed by atoms with Crippen LogP contribution in [0.3, 0.4) is 0 Å². The fraction of sp³-hybridized carbons (Fsp3) is 0.667. The number of carbonyl (C=O) groups is 1. The maximum absolute atomic E-state index is 11.2. The van der Waals surface area contributed by atoms with Gasteiger partial charge in [0.1, 0.15) is 0 Å². The van der Waals surface area contributed by atoms with E-state index in [-0.39, 0.29) is 11.9 Å². The second kappa shape index (κ2) is 8.13. The Morgan fingerprint density at radius 3 is 3.00 bits per heavy atom. The van der Waals surface area contributed by atoms with Crippen molar-refractivity contribution in [3.63, 3.8) is 0 Å². The van der Waals surface area contributed by atoms with Crippen LogP contribution in [0, 0.1) is 0 Å². The lowest BCUT2D eigenvalue weighted by Crippen LogP contribution is -2.41. The van der Waals surface area contributed by atoms with Crippen LogP contribution in [0.2, 0.25) is 0 Å². The van der Waals surface area contributed by atoms with Gasteiger partial charge in [0, 0.05) is 6.54 Å². The number of nitrogens with two attached hydrogens (primary N) is 1. The summed E-state index contributed by atoms with van der Waals surface area (Å²) < 4.78 is 0. The zero-order valence-corrected chi connectivity index (χ0v) is 8.90. The fourth-order valence-electron chi connectivity index (χ4n) is 0.804. The van der Waals surface area contributed by atoms with Crippen molar-refractivity contribution in [1.82, 2.24) is 5.32 Å². The third-order valence-electron chi connectivity index (χ3n) is 1.62. The van der Waals surface area contributed by atoms with Gasteiger partial charge in [-0.2, -0.15) is 11.8 Å². The highest BCUT2D eigenvalue weighted by Crippen LogP contribution is 1.98. The molecule has 0 bridgehead atoms. The molecule has 0 unspecified atom stereocenters. The number of hydrogen-bond donors (Lipinski definition) is 2. The van der Waals surface area contributed by atoms with Crippen molar-refractivity contribution >= 4 is 17.7 Å². The van der Waals surface area contributed by atoms with Crippen molar-refractivity contribution < 1.29 is 4.79 Å². The molecule has 76 valence electrons. The summed E-state index contributed by atoms with van der Waals surface area (Å²) in [7, 11) is 0. The van der Waals surface area contributed by atoms with Gasteiger partial charge in [-0.3, -0.25) is 4.79 Å². The molecule has 0 radical (unpaired) electrons. The normalized spacial score (nSPS) is 12.2. The first-order valence-electron chi connectivity index (χ1n) is 4.35. The second-order valence-corrected chi connectivity index (χ2v) is 3.74. The van der Waals surface area contributed by atoms with Gasteiger partial charge in [0.05, 0.1) is 6.04 Å². The van der Waals surface area contributed by atoms with Crippen molar-refractivity contribution in [3.8, 4) is 0 Å². The second-order valence-electron chi connectivity index (χ2n) is 2.76. The maximum atomic E-state index is 11.2. The molecule has 3 N–H and O–H groups in total. The molecule has 0 saturated heterocycles. The zero-order chi connectivity index (χ0) is 10.1. The van der Waals surface area contributed by atoms with Crippen molar-refractivity contribution in [2.24, 2.45) is 5.73 Å². The molecule has 4 heteroatoms. The van der Waals surface area contributed by atoms with E-state index >= 15 is 0 Å². The molecule has 0 saturated carbocycles. The Balaban J connectivity index is 3.50. The topological polar surface area (TPSA) is 55.1 Å². The molecule has 0 aliphatic carbocycles. The minimum absolute atomic E-state index is 0.0594. The van der Waals surface area contributed by atoms with Crippen LogP contribution >= 0.6 is 11.8 Å². The van der Waals surface area contributed by atoms with Crippen LogP contribution in [0.15, 0.2) is 12.7 Å². The average molecular weight is 202 g/mol. The Bertz CT molecular complexity index is 162. The average Bonchev–Trinajstić information content (AvgIpc) is 2.14. The Labute approximate surface area is 84.1 Å². The molecule has 0 aromatic carbocycles. The van der Waals surface area contributed by atoms with Crippen LogP contribution < -0.4 is 11.1 Å². The predicted octanol–water partition coefficient (Wildman–Crippen LogP) is 0.759. The van der Waals surface area contributed by atoms with Gasteiger partial charge in [0.15, 0.2) is 0 Å². The van der Waals surface area contributed by atoms with Crippen LogP contribution in [0.5, 0.6) is 0 Å². The smallest absolute Gasteiger partial charge is 0.236 e. The van der Waals surface area contributed by atoms with Crippen LogP contribution in [0.25, 0.3) is 0 Å². The van der Waals surface area contributed by atoms with E-state index in [0.29, 0.717) is 6.54 Å². The molecule has 0 aliphatic rings. The molecule has 1 amide bonds. The lowest BCUT2D eigenvalue weighted by Gasteiger charge is -2.10. The van der Waals surface area contributed by atoms with Crippen LogP contribution in [-0.4, -0.2) is 30.5 Å². The van der Waals surface area contributed by atoms with Gasteiger partial charge in [0.25, 0.3) is 0 Å². The van der Waals surface area contributed by atoms with E-state index in [1.807, 2.05) is 6.26 Å². The number of nitrogens with one attached hydrogen (secondary N) is 1. The van der Waals surface area contributed by atoms with Crippen molar-refractivity contribution in [1.29, 1.82) is 0 Å². The number of thioether (sulfide) groups is 1. The number of amides is 1. The highest BCUT2D eigenvalue weighted by atomic mass is 32.2. The molecule has 0 rings (SSSR count). The summed E-state index contributed by atoms with van der Waals surface area (Å²) in [5, 5.41) is 2.75. The molecule has 0 heterocycles. The maximum Gasteiger partial charge on any atom is 0.236 e. The lowest BCUT2D eigenvalue weighted by atomic mass is 10.2. The Kier molecular flexibility index (Phi) is 7.83. The molecule has 0 aromatic heterocycles. The molecule has 0 spiro atoms. The van der Waals surface area contributed by atoms with E-state index < -0.39 is 0 Å². The summed E-state index contributed by atoms with van der Waals surface area (Å²) in [6.45, 7) is 4.20. The van der Waals surface area contributed by atoms with Gasteiger partial charge in [-0.25, -0.2) is 0 Å². The van der Waals surface area contributed by atoms with Gasteiger partial charge in [-0.1, -0.05) is 6.08 Å². The molecule has 0 fully saturated rings. The highest BCUT2D eigenvalue weighted by molar-refractivity contribution is 7.98. The number of rotatable bonds is 7. The zero-order valence-electron chi connectivity index (χ0n) is 8.08. The van der Waals surface area contributed by atoms with Crippen molar-refractivity contribution in [2.75, 3.05) is 18.6 Å². The molecule has 13 heavy (non-hydrogen) atoms. The van der Waals surface area contributed by atoms with E-state index in [2.05, 4.69) is 11.9 Å². The molecule has 0 aromatic rings. The first-order valence-corrected chi connectivity index (χ1v) is 5.75. The van der Waals surface area contributed by atoms with Crippen molar-refractivity contribution in [2.45, 2.75) is 18.9 Å². The van der Waals surface area contributed by atoms with E-state index in [1.54, 1.807) is 17.8 Å². The summed E-state index contributed by atoms with van der Waals surface area (Å²) >= 11 is 1.70. The van der Waals surface area contributed by atoms with Gasteiger partial charge in [-0.05, 0) is 24.9 Å². The van der Waals surface area contributed by atoms with Gasteiger partial charge in [0.2, 0.25) is 5.91 Å². The van der Waals surface area contributed by atoms with E-state index in [1.165, 1.54) is 0 Å². The quantitative estimate of drug-likeness (QED) is 0.473. The van der Waals surface area contributed by atoms with Crippen LogP contribution in [0.1, 0.15) is 12.8 Å². The molecule has 3 nitrogen and oxygen atoms in total. The van der Waals surface area contributed by atoms with Crippen LogP contribution in [0.4, 0.5) is 0 Å². The Morgan fingerprint density at radius 2 is 2.46 bits per heavy atom. The third-order valence-corrected chi connectivity index (χ3v) is 2.26. The summed E-state index contributed by atoms with van der Waals surface area (Å²) in [6.07, 6.45) is 5.30. The van der Waals surface area contributed by atoms with Gasteiger partial charge < -0.3 is 11.1 Å². The molecular formula is C9H18N2OS. The Morgan fingerprint density at radius 1 is 1.77 bits per heavy atom. The van der Waals surface area contributed by atoms with Gasteiger partial charge in [-0.15, -0.1) is 6.58 Å². The summed E-state index contributed by atoms with van der Waals surface area (Å²) in [4.78, 5) is 11.2. The number of carbonyl (C=O) groups excluding carboxylic acids is 1. The van der Waals surface area contributed by atoms with E-state index in [0.717, 1.165) is 18.6 Å². The highest BCUT2D eigenvalue weighted by Gasteiger charge is 2.10. The standard InChI is InChI=1S/C9H18N2OS/c1-3-4-6-11-9(12)8(10)5-7-13-2/h3,8H,1,4-7,10H2,2H3,(H,11,12)/t8-/m1/s1. The van der Waals surface area contributed by atoms with Crippen LogP contribution in [-0.2, 0) is 4.79 Å².